The van der Waals surface area contributed by atoms with Crippen molar-refractivity contribution in [1.82, 2.24) is 4.98 Å². The molecule has 0 amide bonds. The Bertz CT molecular complexity index is 712. The molecule has 0 aliphatic carbocycles. The molecule has 0 saturated heterocycles. The summed E-state index contributed by atoms with van der Waals surface area (Å²) in [7, 11) is 0. The van der Waals surface area contributed by atoms with Crippen molar-refractivity contribution in [3.63, 3.8) is 0 Å². The summed E-state index contributed by atoms with van der Waals surface area (Å²) in [4.78, 5) is 8.85. The van der Waals surface area contributed by atoms with Crippen LogP contribution in [-0.4, -0.2) is 24.4 Å². The average molecular weight is 366 g/mol. The number of fused-ring (bicyclic) bond motifs is 4. The molecular formula is C15H10BrClN2O2. The van der Waals surface area contributed by atoms with E-state index in [0.29, 0.717) is 24.1 Å². The first-order valence-electron chi connectivity index (χ1n) is 6.44. The summed E-state index contributed by atoms with van der Waals surface area (Å²) in [5.74, 6) is 1.43. The Labute approximate surface area is 134 Å². The Hall–Kier alpha value is -1.43. The standard InChI is InChI=1S/C15H10BrClN2O2/c16-9-1-2-12-10(5-9)15(8-20-4-3-19-15)11-6-14(17)18-7-13(11)21-12/h1-3,5-7H,4,8H2. The van der Waals surface area contributed by atoms with E-state index in [1.54, 1.807) is 18.5 Å². The molecular weight excluding hydrogens is 356 g/mol. The molecule has 0 N–H and O–H groups in total. The Balaban J connectivity index is 2.04. The van der Waals surface area contributed by atoms with Gasteiger partial charge in [0.15, 0.2) is 5.75 Å². The summed E-state index contributed by atoms with van der Waals surface area (Å²) < 4.78 is 12.6. The third-order valence-corrected chi connectivity index (χ3v) is 4.40. The summed E-state index contributed by atoms with van der Waals surface area (Å²) >= 11 is 9.58. The summed E-state index contributed by atoms with van der Waals surface area (Å²) in [5.41, 5.74) is 1.21. The highest BCUT2D eigenvalue weighted by molar-refractivity contribution is 9.10. The highest BCUT2D eigenvalue weighted by Crippen LogP contribution is 2.50. The highest BCUT2D eigenvalue weighted by Gasteiger charge is 2.44. The van der Waals surface area contributed by atoms with Crippen LogP contribution in [0.2, 0.25) is 5.15 Å². The highest BCUT2D eigenvalue weighted by atomic mass is 79.9. The van der Waals surface area contributed by atoms with Crippen LogP contribution in [0.1, 0.15) is 11.1 Å². The molecule has 4 rings (SSSR count). The zero-order valence-corrected chi connectivity index (χ0v) is 13.2. The molecule has 2 aliphatic rings. The number of rotatable bonds is 0. The molecule has 3 heterocycles. The van der Waals surface area contributed by atoms with Crippen LogP contribution in [0.15, 0.2) is 39.9 Å². The Morgan fingerprint density at radius 1 is 1.19 bits per heavy atom. The molecule has 1 aromatic heterocycles. The number of aliphatic imine (C=N–C) groups is 1. The van der Waals surface area contributed by atoms with Crippen molar-refractivity contribution < 1.29 is 9.47 Å². The minimum atomic E-state index is -0.627. The van der Waals surface area contributed by atoms with Crippen molar-refractivity contribution >= 4 is 33.7 Å². The SMILES string of the molecule is Clc1cc2c(cn1)Oc1ccc(Br)cc1C21COCC=N1. The minimum Gasteiger partial charge on any atom is -0.455 e. The zero-order valence-electron chi connectivity index (χ0n) is 10.8. The fourth-order valence-corrected chi connectivity index (χ4v) is 3.30. The van der Waals surface area contributed by atoms with Gasteiger partial charge in [0.05, 0.1) is 19.4 Å². The Kier molecular flexibility index (Phi) is 3.03. The molecule has 2 aliphatic heterocycles. The van der Waals surface area contributed by atoms with Gasteiger partial charge in [-0.3, -0.25) is 4.99 Å². The molecule has 0 radical (unpaired) electrons. The van der Waals surface area contributed by atoms with E-state index >= 15 is 0 Å². The lowest BCUT2D eigenvalue weighted by atomic mass is 9.81. The van der Waals surface area contributed by atoms with Gasteiger partial charge in [0.2, 0.25) is 0 Å². The second-order valence-electron chi connectivity index (χ2n) is 4.93. The maximum atomic E-state index is 6.07. The quantitative estimate of drug-likeness (QED) is 0.664. The Morgan fingerprint density at radius 3 is 2.86 bits per heavy atom. The van der Waals surface area contributed by atoms with Crippen molar-refractivity contribution in [3.05, 3.63) is 51.2 Å². The summed E-state index contributed by atoms with van der Waals surface area (Å²) in [6.07, 6.45) is 3.42. The molecule has 106 valence electrons. The molecule has 1 unspecified atom stereocenters. The van der Waals surface area contributed by atoms with Crippen LogP contribution in [0, 0.1) is 0 Å². The van der Waals surface area contributed by atoms with Gasteiger partial charge in [0, 0.05) is 21.8 Å². The Morgan fingerprint density at radius 2 is 2.05 bits per heavy atom. The van der Waals surface area contributed by atoms with E-state index in [1.165, 1.54) is 0 Å². The lowest BCUT2D eigenvalue weighted by Crippen LogP contribution is -2.37. The normalized spacial score (nSPS) is 22.6. The molecule has 0 bridgehead atoms. The first kappa shape index (κ1) is 13.2. The molecule has 0 saturated carbocycles. The number of pyridine rings is 1. The molecule has 1 atom stereocenters. The van der Waals surface area contributed by atoms with Crippen LogP contribution in [0.3, 0.4) is 0 Å². The van der Waals surface area contributed by atoms with E-state index in [0.717, 1.165) is 21.3 Å². The third-order valence-electron chi connectivity index (χ3n) is 3.70. The molecule has 0 fully saturated rings. The van der Waals surface area contributed by atoms with Gasteiger partial charge in [-0.15, -0.1) is 0 Å². The number of halogens is 2. The van der Waals surface area contributed by atoms with Crippen molar-refractivity contribution in [2.75, 3.05) is 13.2 Å². The van der Waals surface area contributed by atoms with E-state index in [9.17, 15) is 0 Å². The second-order valence-corrected chi connectivity index (χ2v) is 6.24. The zero-order chi connectivity index (χ0) is 14.4. The van der Waals surface area contributed by atoms with Crippen molar-refractivity contribution in [1.29, 1.82) is 0 Å². The van der Waals surface area contributed by atoms with E-state index in [2.05, 4.69) is 20.9 Å². The van der Waals surface area contributed by atoms with Gasteiger partial charge in [-0.1, -0.05) is 27.5 Å². The van der Waals surface area contributed by atoms with Crippen molar-refractivity contribution in [3.8, 4) is 11.5 Å². The topological polar surface area (TPSA) is 43.7 Å². The number of nitrogens with zero attached hydrogens (tertiary/aromatic N) is 2. The maximum Gasteiger partial charge on any atom is 0.151 e. The average Bonchev–Trinajstić information content (AvgIpc) is 2.50. The fourth-order valence-electron chi connectivity index (χ4n) is 2.78. The van der Waals surface area contributed by atoms with Gasteiger partial charge in [-0.25, -0.2) is 4.98 Å². The number of hydrogen-bond donors (Lipinski definition) is 0. The lowest BCUT2D eigenvalue weighted by molar-refractivity contribution is 0.113. The first-order valence-corrected chi connectivity index (χ1v) is 7.61. The summed E-state index contributed by atoms with van der Waals surface area (Å²) in [5, 5.41) is 0.413. The smallest absolute Gasteiger partial charge is 0.151 e. The van der Waals surface area contributed by atoms with Gasteiger partial charge in [-0.05, 0) is 24.3 Å². The van der Waals surface area contributed by atoms with E-state index in [1.807, 2.05) is 18.2 Å². The predicted octanol–water partition coefficient (Wildman–Crippen LogP) is 3.95. The number of aromatic nitrogens is 1. The number of hydrogen-bond acceptors (Lipinski definition) is 4. The van der Waals surface area contributed by atoms with Gasteiger partial charge < -0.3 is 9.47 Å². The van der Waals surface area contributed by atoms with Crippen LogP contribution >= 0.6 is 27.5 Å². The third kappa shape index (κ3) is 1.99. The van der Waals surface area contributed by atoms with Gasteiger partial charge in [-0.2, -0.15) is 0 Å². The van der Waals surface area contributed by atoms with E-state index in [4.69, 9.17) is 26.1 Å². The maximum absolute atomic E-state index is 6.07. The molecule has 6 heteroatoms. The van der Waals surface area contributed by atoms with Gasteiger partial charge in [0.25, 0.3) is 0 Å². The van der Waals surface area contributed by atoms with Crippen LogP contribution in [0.25, 0.3) is 0 Å². The number of ether oxygens (including phenoxy) is 2. The van der Waals surface area contributed by atoms with Gasteiger partial charge in [0.1, 0.15) is 16.4 Å². The van der Waals surface area contributed by atoms with Gasteiger partial charge >= 0.3 is 0 Å². The minimum absolute atomic E-state index is 0.413. The van der Waals surface area contributed by atoms with Crippen LogP contribution < -0.4 is 4.74 Å². The second kappa shape index (κ2) is 4.80. The molecule has 1 aromatic carbocycles. The summed E-state index contributed by atoms with van der Waals surface area (Å²) in [6, 6.07) is 7.67. The van der Waals surface area contributed by atoms with Crippen molar-refractivity contribution in [2.24, 2.45) is 4.99 Å². The van der Waals surface area contributed by atoms with E-state index < -0.39 is 5.54 Å². The van der Waals surface area contributed by atoms with Crippen molar-refractivity contribution in [2.45, 2.75) is 5.54 Å². The largest absolute Gasteiger partial charge is 0.455 e. The monoisotopic (exact) mass is 364 g/mol. The lowest BCUT2D eigenvalue weighted by Gasteiger charge is -2.38. The molecule has 4 nitrogen and oxygen atoms in total. The van der Waals surface area contributed by atoms with Crippen LogP contribution in [-0.2, 0) is 10.3 Å². The molecule has 2 aromatic rings. The number of benzene rings is 1. The van der Waals surface area contributed by atoms with Crippen LogP contribution in [0.4, 0.5) is 0 Å². The molecule has 1 spiro atoms. The first-order chi connectivity index (χ1) is 10.2. The van der Waals surface area contributed by atoms with E-state index in [-0.39, 0.29) is 0 Å². The predicted molar refractivity (Wildman–Crippen MR) is 83.6 cm³/mol. The summed E-state index contributed by atoms with van der Waals surface area (Å²) in [6.45, 7) is 0.962. The fraction of sp³-hybridized carbons (Fsp3) is 0.200. The molecule has 21 heavy (non-hydrogen) atoms. The van der Waals surface area contributed by atoms with Crippen LogP contribution in [0.5, 0.6) is 11.5 Å².